The quantitative estimate of drug-likeness (QED) is 0.828. The molecule has 2 aliphatic heterocycles. The largest absolute Gasteiger partial charge is 0.322 e. The molecular formula is C21H26N2O. The predicted octanol–water partition coefficient (Wildman–Crippen LogP) is 4.46. The highest BCUT2D eigenvalue weighted by atomic mass is 16.1. The molecule has 2 aromatic rings. The number of rotatable bonds is 2. The van der Waals surface area contributed by atoms with Gasteiger partial charge in [-0.25, -0.2) is 0 Å². The molecule has 24 heavy (non-hydrogen) atoms. The number of nitrogens with one attached hydrogen (secondary N) is 1. The van der Waals surface area contributed by atoms with Crippen molar-refractivity contribution in [2.24, 2.45) is 5.92 Å². The van der Waals surface area contributed by atoms with E-state index in [1.54, 1.807) is 0 Å². The van der Waals surface area contributed by atoms with Crippen molar-refractivity contribution in [2.45, 2.75) is 26.7 Å². The molecule has 2 saturated heterocycles. The average molecular weight is 322 g/mol. The van der Waals surface area contributed by atoms with Gasteiger partial charge in [-0.1, -0.05) is 49.4 Å². The van der Waals surface area contributed by atoms with Gasteiger partial charge in [0.1, 0.15) is 0 Å². The summed E-state index contributed by atoms with van der Waals surface area (Å²) in [6.45, 7) is 3.46. The van der Waals surface area contributed by atoms with Gasteiger partial charge in [0.2, 0.25) is 5.91 Å². The van der Waals surface area contributed by atoms with Crippen LogP contribution in [0.2, 0.25) is 0 Å². The first-order chi connectivity index (χ1) is 11.3. The molecule has 2 fully saturated rings. The van der Waals surface area contributed by atoms with E-state index in [4.69, 9.17) is 0 Å². The van der Waals surface area contributed by atoms with Crippen LogP contribution < -0.4 is 5.32 Å². The number of carbonyl (C=O) groups excluding carboxylic acids is 1. The van der Waals surface area contributed by atoms with Crippen LogP contribution in [0.3, 0.4) is 0 Å². The Balaban J connectivity index is 0.00000169. The summed E-state index contributed by atoms with van der Waals surface area (Å²) in [7, 11) is 0. The number of amides is 1. The normalized spacial score (nSPS) is 24.4. The molecule has 126 valence electrons. The fourth-order valence-electron chi connectivity index (χ4n) is 3.91. The highest BCUT2D eigenvalue weighted by Crippen LogP contribution is 2.31. The topological polar surface area (TPSA) is 32.3 Å². The minimum absolute atomic E-state index is 0. The van der Waals surface area contributed by atoms with E-state index < -0.39 is 0 Å². The second-order valence-electron chi connectivity index (χ2n) is 6.62. The summed E-state index contributed by atoms with van der Waals surface area (Å²) in [5, 5.41) is 5.32. The van der Waals surface area contributed by atoms with Crippen molar-refractivity contribution >= 4 is 22.4 Å². The number of anilines is 1. The van der Waals surface area contributed by atoms with Crippen LogP contribution in [0.25, 0.3) is 10.8 Å². The summed E-state index contributed by atoms with van der Waals surface area (Å²) < 4.78 is 0. The summed E-state index contributed by atoms with van der Waals surface area (Å²) in [6.07, 6.45) is 5.37. The molecule has 4 rings (SSSR count). The lowest BCUT2D eigenvalue weighted by Gasteiger charge is -2.39. The highest BCUT2D eigenvalue weighted by Gasteiger charge is 2.27. The predicted molar refractivity (Wildman–Crippen MR) is 101 cm³/mol. The molecule has 0 aliphatic carbocycles. The standard InChI is InChI=1S/C20H22N2O.CH4/c23-20(13-16-10-12-22-11-4-7-17(16)14-22)21-19-9-3-6-15-5-1-2-8-18(15)19;/h1-3,5-6,8-9,13,17H,4,7,10-12,14H2,(H,21,23);1H4. The molecule has 3 heteroatoms. The van der Waals surface area contributed by atoms with Crippen LogP contribution in [-0.2, 0) is 4.79 Å². The summed E-state index contributed by atoms with van der Waals surface area (Å²) >= 11 is 0. The Hall–Kier alpha value is -2.13. The summed E-state index contributed by atoms with van der Waals surface area (Å²) in [6, 6.07) is 14.2. The van der Waals surface area contributed by atoms with E-state index in [1.807, 2.05) is 30.3 Å². The first-order valence-electron chi connectivity index (χ1n) is 8.51. The van der Waals surface area contributed by atoms with Crippen molar-refractivity contribution in [3.05, 3.63) is 54.1 Å². The molecule has 2 aromatic carbocycles. The fourth-order valence-corrected chi connectivity index (χ4v) is 3.91. The van der Waals surface area contributed by atoms with E-state index >= 15 is 0 Å². The lowest BCUT2D eigenvalue weighted by molar-refractivity contribution is -0.112. The molecule has 1 amide bonds. The van der Waals surface area contributed by atoms with Gasteiger partial charge in [-0.2, -0.15) is 0 Å². The molecule has 0 aromatic heterocycles. The summed E-state index contributed by atoms with van der Waals surface area (Å²) in [4.78, 5) is 15.0. The maximum absolute atomic E-state index is 12.5. The number of piperidine rings is 2. The molecule has 2 heterocycles. The molecule has 2 unspecified atom stereocenters. The zero-order chi connectivity index (χ0) is 15.6. The number of benzene rings is 2. The number of hydrogen-bond donors (Lipinski definition) is 1. The zero-order valence-corrected chi connectivity index (χ0v) is 13.3. The number of carbonyl (C=O) groups is 1. The second-order valence-corrected chi connectivity index (χ2v) is 6.62. The van der Waals surface area contributed by atoms with E-state index in [9.17, 15) is 4.79 Å². The Morgan fingerprint density at radius 2 is 1.96 bits per heavy atom. The van der Waals surface area contributed by atoms with Gasteiger partial charge in [0.15, 0.2) is 0 Å². The maximum atomic E-state index is 12.5. The first kappa shape index (κ1) is 16.7. The zero-order valence-electron chi connectivity index (χ0n) is 13.3. The van der Waals surface area contributed by atoms with Crippen molar-refractivity contribution in [3.63, 3.8) is 0 Å². The van der Waals surface area contributed by atoms with Crippen molar-refractivity contribution in [3.8, 4) is 0 Å². The maximum Gasteiger partial charge on any atom is 0.248 e. The van der Waals surface area contributed by atoms with Gasteiger partial charge in [-0.15, -0.1) is 0 Å². The van der Waals surface area contributed by atoms with Crippen LogP contribution in [0.5, 0.6) is 0 Å². The molecule has 1 N–H and O–H groups in total. The lowest BCUT2D eigenvalue weighted by atomic mass is 9.84. The van der Waals surface area contributed by atoms with E-state index in [1.165, 1.54) is 25.0 Å². The molecule has 0 radical (unpaired) electrons. The third-order valence-corrected chi connectivity index (χ3v) is 5.11. The van der Waals surface area contributed by atoms with E-state index in [2.05, 4.69) is 28.4 Å². The van der Waals surface area contributed by atoms with Crippen molar-refractivity contribution in [1.82, 2.24) is 4.90 Å². The van der Waals surface area contributed by atoms with Gasteiger partial charge in [0, 0.05) is 30.2 Å². The third-order valence-electron chi connectivity index (χ3n) is 5.11. The van der Waals surface area contributed by atoms with Crippen LogP contribution >= 0.6 is 0 Å². The van der Waals surface area contributed by atoms with Crippen molar-refractivity contribution in [2.75, 3.05) is 25.0 Å². The summed E-state index contributed by atoms with van der Waals surface area (Å²) in [5.74, 6) is 0.589. The van der Waals surface area contributed by atoms with Gasteiger partial charge in [0.25, 0.3) is 0 Å². The molecule has 2 atom stereocenters. The minimum atomic E-state index is 0. The molecule has 3 nitrogen and oxygen atoms in total. The number of hydrogen-bond acceptors (Lipinski definition) is 2. The Bertz CT molecular complexity index is 760. The minimum Gasteiger partial charge on any atom is -0.322 e. The highest BCUT2D eigenvalue weighted by molar-refractivity contribution is 6.06. The fraction of sp³-hybridized carbons (Fsp3) is 0.381. The third kappa shape index (κ3) is 3.36. The molecule has 2 bridgehead atoms. The SMILES string of the molecule is C.O=C(C=C1CCN2CCCC1C2)Nc1cccc2ccccc12. The number of nitrogens with zero attached hydrogens (tertiary/aromatic N) is 1. The Labute approximate surface area is 144 Å². The van der Waals surface area contributed by atoms with E-state index in [-0.39, 0.29) is 13.3 Å². The van der Waals surface area contributed by atoms with Gasteiger partial charge in [-0.05, 0) is 43.2 Å². The number of fused-ring (bicyclic) bond motifs is 3. The van der Waals surface area contributed by atoms with Crippen molar-refractivity contribution in [1.29, 1.82) is 0 Å². The average Bonchev–Trinajstić information content (AvgIpc) is 2.58. The molecule has 0 saturated carbocycles. The monoisotopic (exact) mass is 322 g/mol. The van der Waals surface area contributed by atoms with Crippen LogP contribution in [0, 0.1) is 5.92 Å². The van der Waals surface area contributed by atoms with Crippen LogP contribution in [0.1, 0.15) is 26.7 Å². The van der Waals surface area contributed by atoms with Crippen LogP contribution in [0.15, 0.2) is 54.1 Å². The molecular weight excluding hydrogens is 296 g/mol. The molecule has 2 aliphatic rings. The van der Waals surface area contributed by atoms with Crippen LogP contribution in [0.4, 0.5) is 5.69 Å². The Kier molecular flexibility index (Phi) is 5.00. The summed E-state index contributed by atoms with van der Waals surface area (Å²) in [5.41, 5.74) is 2.23. The smallest absolute Gasteiger partial charge is 0.248 e. The second kappa shape index (κ2) is 7.18. The van der Waals surface area contributed by atoms with E-state index in [0.717, 1.165) is 36.0 Å². The molecule has 0 spiro atoms. The van der Waals surface area contributed by atoms with Gasteiger partial charge in [0.05, 0.1) is 0 Å². The Morgan fingerprint density at radius 3 is 2.88 bits per heavy atom. The lowest BCUT2D eigenvalue weighted by Crippen LogP contribution is -2.41. The van der Waals surface area contributed by atoms with Crippen molar-refractivity contribution < 1.29 is 4.79 Å². The van der Waals surface area contributed by atoms with Gasteiger partial charge < -0.3 is 10.2 Å². The van der Waals surface area contributed by atoms with Gasteiger partial charge >= 0.3 is 0 Å². The van der Waals surface area contributed by atoms with E-state index in [0.29, 0.717) is 5.92 Å². The van der Waals surface area contributed by atoms with Crippen LogP contribution in [-0.4, -0.2) is 30.4 Å². The van der Waals surface area contributed by atoms with Gasteiger partial charge in [-0.3, -0.25) is 4.79 Å². The Morgan fingerprint density at radius 1 is 1.12 bits per heavy atom. The first-order valence-corrected chi connectivity index (χ1v) is 8.51.